The number of rotatable bonds is 12. The lowest BCUT2D eigenvalue weighted by Crippen LogP contribution is -2.44. The first-order valence-corrected chi connectivity index (χ1v) is 16.6. The highest BCUT2D eigenvalue weighted by Crippen LogP contribution is 2.33. The number of halogens is 1. The van der Waals surface area contributed by atoms with Crippen molar-refractivity contribution >= 4 is 34.8 Å². The number of hydrogen-bond donors (Lipinski definition) is 2. The number of aromatic nitrogens is 1. The second-order valence-corrected chi connectivity index (χ2v) is 12.7. The maximum atomic E-state index is 13.7. The Hall–Kier alpha value is -4.20. The molecule has 1 aliphatic carbocycles. The summed E-state index contributed by atoms with van der Waals surface area (Å²) in [4.78, 5) is 35.3. The van der Waals surface area contributed by atoms with Crippen molar-refractivity contribution in [3.05, 3.63) is 113 Å². The van der Waals surface area contributed by atoms with Crippen molar-refractivity contribution in [3.8, 4) is 11.1 Å². The van der Waals surface area contributed by atoms with Crippen LogP contribution in [0.25, 0.3) is 11.1 Å². The van der Waals surface area contributed by atoms with E-state index in [1.54, 1.807) is 12.1 Å². The number of hydrogen-bond acceptors (Lipinski definition) is 5. The Morgan fingerprint density at radius 2 is 1.65 bits per heavy atom. The van der Waals surface area contributed by atoms with Gasteiger partial charge < -0.3 is 20.9 Å². The van der Waals surface area contributed by atoms with Gasteiger partial charge in [0.2, 0.25) is 5.91 Å². The smallest absolute Gasteiger partial charge is 0.257 e. The second kappa shape index (κ2) is 15.9. The fraction of sp³-hybridized carbons (Fsp3) is 0.342. The van der Waals surface area contributed by atoms with E-state index in [-0.39, 0.29) is 23.9 Å². The molecule has 0 bridgehead atoms. The minimum absolute atomic E-state index is 0.137. The van der Waals surface area contributed by atoms with Crippen LogP contribution >= 0.6 is 11.6 Å². The van der Waals surface area contributed by atoms with Crippen LogP contribution in [-0.2, 0) is 17.8 Å². The number of unbranched alkanes of at least 4 members (excludes halogenated alkanes) is 1. The second-order valence-electron chi connectivity index (χ2n) is 12.3. The predicted octanol–water partition coefficient (Wildman–Crippen LogP) is 7.73. The van der Waals surface area contributed by atoms with Gasteiger partial charge in [-0.3, -0.25) is 9.59 Å². The summed E-state index contributed by atoms with van der Waals surface area (Å²) in [5.74, 6) is -0.113. The molecule has 1 fully saturated rings. The summed E-state index contributed by atoms with van der Waals surface area (Å²) >= 11 is 5.95. The van der Waals surface area contributed by atoms with Crippen molar-refractivity contribution < 1.29 is 9.59 Å². The molecule has 3 aromatic carbocycles. The first-order valence-electron chi connectivity index (χ1n) is 16.3. The Morgan fingerprint density at radius 3 is 2.37 bits per heavy atom. The van der Waals surface area contributed by atoms with Crippen LogP contribution < -0.4 is 16.0 Å². The van der Waals surface area contributed by atoms with Crippen LogP contribution in [0, 0.1) is 0 Å². The van der Waals surface area contributed by atoms with Gasteiger partial charge in [0.15, 0.2) is 0 Å². The monoisotopic (exact) mass is 637 g/mol. The SMILES string of the molecule is CCCCN(C)c1ccc(-c2cccc(CN(C(=O)Cc3ccccc3)C3CCC(N)CC3)c2)cc1NC(=O)c1ccc(Cl)nc1. The van der Waals surface area contributed by atoms with Crippen molar-refractivity contribution in [1.29, 1.82) is 0 Å². The summed E-state index contributed by atoms with van der Waals surface area (Å²) in [6.07, 6.45) is 7.67. The third-order valence-corrected chi connectivity index (χ3v) is 9.03. The Morgan fingerprint density at radius 1 is 0.913 bits per heavy atom. The van der Waals surface area contributed by atoms with Gasteiger partial charge in [0, 0.05) is 38.4 Å². The number of carbonyl (C=O) groups excluding carboxylic acids is 2. The van der Waals surface area contributed by atoms with Crippen LogP contribution in [0.5, 0.6) is 0 Å². The molecule has 240 valence electrons. The number of anilines is 2. The Bertz CT molecular complexity index is 1600. The highest BCUT2D eigenvalue weighted by molar-refractivity contribution is 6.29. The lowest BCUT2D eigenvalue weighted by molar-refractivity contribution is -0.134. The van der Waals surface area contributed by atoms with Gasteiger partial charge >= 0.3 is 0 Å². The van der Waals surface area contributed by atoms with E-state index in [1.165, 1.54) is 6.20 Å². The van der Waals surface area contributed by atoms with E-state index in [0.29, 0.717) is 23.7 Å². The molecule has 0 saturated heterocycles. The zero-order valence-electron chi connectivity index (χ0n) is 26.8. The molecule has 8 heteroatoms. The van der Waals surface area contributed by atoms with E-state index in [0.717, 1.165) is 78.7 Å². The molecule has 1 aromatic heterocycles. The van der Waals surface area contributed by atoms with Gasteiger partial charge in [-0.25, -0.2) is 4.98 Å². The summed E-state index contributed by atoms with van der Waals surface area (Å²) in [6, 6.07) is 28.2. The molecule has 1 saturated carbocycles. The van der Waals surface area contributed by atoms with Gasteiger partial charge in [0.25, 0.3) is 5.91 Å². The minimum atomic E-state index is -0.250. The standard InChI is InChI=1S/C38H44ClN5O2/c1-3-4-21-43(2)35-19-13-30(24-34(35)42-38(46)31-14-20-36(39)41-25-31)29-12-8-11-28(22-29)26-44(33-17-15-32(40)16-18-33)37(45)23-27-9-6-5-7-10-27/h5-14,19-20,22,24-25,32-33H,3-4,15-18,21,23,26,40H2,1-2H3,(H,42,46). The molecule has 0 spiro atoms. The van der Waals surface area contributed by atoms with E-state index >= 15 is 0 Å². The summed E-state index contributed by atoms with van der Waals surface area (Å²) < 4.78 is 0. The quantitative estimate of drug-likeness (QED) is 0.155. The van der Waals surface area contributed by atoms with Gasteiger partial charge in [-0.1, -0.05) is 79.5 Å². The molecule has 0 unspecified atom stereocenters. The molecule has 3 N–H and O–H groups in total. The lowest BCUT2D eigenvalue weighted by atomic mass is 9.90. The Kier molecular flexibility index (Phi) is 11.4. The zero-order valence-corrected chi connectivity index (χ0v) is 27.5. The fourth-order valence-electron chi connectivity index (χ4n) is 6.12. The molecular weight excluding hydrogens is 594 g/mol. The fourth-order valence-corrected chi connectivity index (χ4v) is 6.23. The topological polar surface area (TPSA) is 91.6 Å². The Balaban J connectivity index is 1.42. The van der Waals surface area contributed by atoms with Crippen molar-refractivity contribution in [2.24, 2.45) is 5.73 Å². The molecule has 5 rings (SSSR count). The van der Waals surface area contributed by atoms with Crippen molar-refractivity contribution in [1.82, 2.24) is 9.88 Å². The average molecular weight is 638 g/mol. The number of pyridine rings is 1. The molecule has 7 nitrogen and oxygen atoms in total. The van der Waals surface area contributed by atoms with E-state index in [4.69, 9.17) is 17.3 Å². The van der Waals surface area contributed by atoms with Crippen LogP contribution in [0.15, 0.2) is 91.1 Å². The number of amides is 2. The molecule has 0 aliphatic heterocycles. The van der Waals surface area contributed by atoms with Gasteiger partial charge in [0.1, 0.15) is 5.15 Å². The number of carbonyl (C=O) groups is 2. The van der Waals surface area contributed by atoms with Gasteiger partial charge in [-0.15, -0.1) is 0 Å². The van der Waals surface area contributed by atoms with Crippen LogP contribution in [0.2, 0.25) is 5.15 Å². The third kappa shape index (κ3) is 8.74. The normalized spacial score (nSPS) is 16.1. The third-order valence-electron chi connectivity index (χ3n) is 8.81. The highest BCUT2D eigenvalue weighted by Gasteiger charge is 2.28. The van der Waals surface area contributed by atoms with E-state index < -0.39 is 0 Å². The number of nitrogens with two attached hydrogens (primary N) is 1. The maximum absolute atomic E-state index is 13.7. The van der Waals surface area contributed by atoms with Crippen LogP contribution in [-0.4, -0.2) is 47.4 Å². The maximum Gasteiger partial charge on any atom is 0.257 e. The zero-order chi connectivity index (χ0) is 32.5. The van der Waals surface area contributed by atoms with Crippen LogP contribution in [0.4, 0.5) is 11.4 Å². The largest absolute Gasteiger partial charge is 0.373 e. The molecule has 1 aliphatic rings. The summed E-state index contributed by atoms with van der Waals surface area (Å²) in [5.41, 5.74) is 12.4. The first kappa shape index (κ1) is 33.2. The highest BCUT2D eigenvalue weighted by atomic mass is 35.5. The summed E-state index contributed by atoms with van der Waals surface area (Å²) in [6.45, 7) is 3.57. The van der Waals surface area contributed by atoms with E-state index in [9.17, 15) is 9.59 Å². The molecule has 46 heavy (non-hydrogen) atoms. The Labute approximate surface area is 277 Å². The number of benzene rings is 3. The van der Waals surface area contributed by atoms with Crippen molar-refractivity contribution in [2.45, 2.75) is 70.5 Å². The lowest BCUT2D eigenvalue weighted by Gasteiger charge is -2.36. The molecule has 4 aromatic rings. The van der Waals surface area contributed by atoms with E-state index in [1.807, 2.05) is 49.5 Å². The first-order chi connectivity index (χ1) is 22.3. The molecular formula is C38H44ClN5O2. The molecule has 0 radical (unpaired) electrons. The molecule has 0 atom stereocenters. The average Bonchev–Trinajstić information content (AvgIpc) is 3.07. The van der Waals surface area contributed by atoms with Crippen molar-refractivity contribution in [2.75, 3.05) is 23.8 Å². The van der Waals surface area contributed by atoms with Gasteiger partial charge in [-0.2, -0.15) is 0 Å². The van der Waals surface area contributed by atoms with Gasteiger partial charge in [-0.05, 0) is 84.7 Å². The van der Waals surface area contributed by atoms with Crippen LogP contribution in [0.1, 0.15) is 66.9 Å². The molecule has 1 heterocycles. The molecule has 2 amide bonds. The van der Waals surface area contributed by atoms with Crippen molar-refractivity contribution in [3.63, 3.8) is 0 Å². The predicted molar refractivity (Wildman–Crippen MR) is 188 cm³/mol. The van der Waals surface area contributed by atoms with E-state index in [2.05, 4.69) is 57.4 Å². The van der Waals surface area contributed by atoms with Gasteiger partial charge in [0.05, 0.1) is 23.4 Å². The van der Waals surface area contributed by atoms with Crippen LogP contribution in [0.3, 0.4) is 0 Å². The number of nitrogens with zero attached hydrogens (tertiary/aromatic N) is 3. The summed E-state index contributed by atoms with van der Waals surface area (Å²) in [7, 11) is 2.05. The summed E-state index contributed by atoms with van der Waals surface area (Å²) in [5, 5.41) is 3.46. The number of nitrogens with one attached hydrogen (secondary N) is 1. The minimum Gasteiger partial charge on any atom is -0.373 e.